The van der Waals surface area contributed by atoms with Gasteiger partial charge in [0.15, 0.2) is 5.16 Å². The Balaban J connectivity index is 2.33. The smallest absolute Gasteiger partial charge is 0.251 e. The predicted molar refractivity (Wildman–Crippen MR) is 68.3 cm³/mol. The summed E-state index contributed by atoms with van der Waals surface area (Å²) in [6.45, 7) is 3.52. The predicted octanol–water partition coefficient (Wildman–Crippen LogP) is 0.614. The van der Waals surface area contributed by atoms with E-state index in [-0.39, 0.29) is 5.56 Å². The second-order valence-electron chi connectivity index (χ2n) is 3.58. The molecule has 0 saturated carbocycles. The van der Waals surface area contributed by atoms with E-state index in [0.717, 1.165) is 0 Å². The molecule has 2 aromatic heterocycles. The zero-order valence-corrected chi connectivity index (χ0v) is 10.7. The van der Waals surface area contributed by atoms with Gasteiger partial charge in [0.25, 0.3) is 5.56 Å². The SMILES string of the molecule is Cc1cc(=O)[nH]c(Sc2cc(NN)nc(C)n2)n1. The molecule has 2 rings (SSSR count). The van der Waals surface area contributed by atoms with Crippen LogP contribution in [0, 0.1) is 13.8 Å². The fourth-order valence-electron chi connectivity index (χ4n) is 1.37. The summed E-state index contributed by atoms with van der Waals surface area (Å²) in [5.41, 5.74) is 2.93. The molecular formula is C10H12N6OS. The minimum atomic E-state index is -0.187. The number of hydrogen-bond donors (Lipinski definition) is 3. The van der Waals surface area contributed by atoms with E-state index in [2.05, 4.69) is 25.4 Å². The molecule has 0 amide bonds. The molecule has 0 aliphatic heterocycles. The zero-order chi connectivity index (χ0) is 13.1. The van der Waals surface area contributed by atoms with Gasteiger partial charge in [-0.2, -0.15) is 0 Å². The third-order valence-electron chi connectivity index (χ3n) is 2.01. The maximum Gasteiger partial charge on any atom is 0.251 e. The molecule has 0 aromatic carbocycles. The fraction of sp³-hybridized carbons (Fsp3) is 0.200. The highest BCUT2D eigenvalue weighted by atomic mass is 32.2. The Morgan fingerprint density at radius 3 is 2.72 bits per heavy atom. The van der Waals surface area contributed by atoms with E-state index >= 15 is 0 Å². The number of nitrogens with zero attached hydrogens (tertiary/aromatic N) is 3. The lowest BCUT2D eigenvalue weighted by atomic mass is 10.5. The third-order valence-corrected chi connectivity index (χ3v) is 2.82. The van der Waals surface area contributed by atoms with Gasteiger partial charge in [-0.1, -0.05) is 0 Å². The van der Waals surface area contributed by atoms with Crippen LogP contribution in [0.1, 0.15) is 11.5 Å². The van der Waals surface area contributed by atoms with Crippen molar-refractivity contribution in [3.05, 3.63) is 34.0 Å². The molecule has 18 heavy (non-hydrogen) atoms. The van der Waals surface area contributed by atoms with Gasteiger partial charge in [-0.15, -0.1) is 0 Å². The quantitative estimate of drug-likeness (QED) is 0.322. The van der Waals surface area contributed by atoms with Gasteiger partial charge in [0.1, 0.15) is 16.7 Å². The summed E-state index contributed by atoms with van der Waals surface area (Å²) >= 11 is 1.25. The van der Waals surface area contributed by atoms with Crippen LogP contribution in [-0.2, 0) is 0 Å². The summed E-state index contributed by atoms with van der Waals surface area (Å²) in [6.07, 6.45) is 0. The average molecular weight is 264 g/mol. The van der Waals surface area contributed by atoms with Gasteiger partial charge < -0.3 is 10.4 Å². The highest BCUT2D eigenvalue weighted by Gasteiger charge is 2.05. The molecule has 4 N–H and O–H groups in total. The number of nitrogens with one attached hydrogen (secondary N) is 2. The van der Waals surface area contributed by atoms with Crippen LogP contribution in [0.15, 0.2) is 27.1 Å². The Hall–Kier alpha value is -1.93. The van der Waals surface area contributed by atoms with Crippen LogP contribution in [0.3, 0.4) is 0 Å². The zero-order valence-electron chi connectivity index (χ0n) is 9.89. The third kappa shape index (κ3) is 3.05. The molecule has 2 heterocycles. The molecule has 0 radical (unpaired) electrons. The van der Waals surface area contributed by atoms with Crippen molar-refractivity contribution in [2.45, 2.75) is 24.0 Å². The maximum atomic E-state index is 11.3. The normalized spacial score (nSPS) is 10.4. The standard InChI is InChI=1S/C10H12N6OS/c1-5-3-8(17)15-10(12-5)18-9-4-7(16-11)13-6(2)14-9/h3-4H,11H2,1-2H3,(H,12,15,17)(H,13,14,16). The van der Waals surface area contributed by atoms with Crippen molar-refractivity contribution in [1.29, 1.82) is 0 Å². The summed E-state index contributed by atoms with van der Waals surface area (Å²) < 4.78 is 0. The highest BCUT2D eigenvalue weighted by molar-refractivity contribution is 7.99. The summed E-state index contributed by atoms with van der Waals surface area (Å²) in [5, 5.41) is 1.14. The van der Waals surface area contributed by atoms with Gasteiger partial charge in [0.2, 0.25) is 0 Å². The second-order valence-corrected chi connectivity index (χ2v) is 4.59. The molecule has 0 bridgehead atoms. The van der Waals surface area contributed by atoms with Crippen LogP contribution < -0.4 is 16.8 Å². The van der Waals surface area contributed by atoms with E-state index in [1.54, 1.807) is 19.9 Å². The molecule has 0 aliphatic rings. The van der Waals surface area contributed by atoms with Gasteiger partial charge in [-0.05, 0) is 25.6 Å². The van der Waals surface area contributed by atoms with Crippen molar-refractivity contribution in [1.82, 2.24) is 19.9 Å². The molecule has 0 spiro atoms. The number of hydrazine groups is 1. The van der Waals surface area contributed by atoms with E-state index in [1.807, 2.05) is 0 Å². The molecule has 0 saturated heterocycles. The first-order chi connectivity index (χ1) is 8.56. The lowest BCUT2D eigenvalue weighted by Crippen LogP contribution is -2.10. The molecule has 0 unspecified atom stereocenters. The summed E-state index contributed by atoms with van der Waals surface area (Å²) in [5.74, 6) is 6.41. The maximum absolute atomic E-state index is 11.3. The van der Waals surface area contributed by atoms with Crippen molar-refractivity contribution in [3.8, 4) is 0 Å². The highest BCUT2D eigenvalue weighted by Crippen LogP contribution is 2.23. The Bertz CT molecular complexity index is 626. The van der Waals surface area contributed by atoms with Crippen molar-refractivity contribution in [2.24, 2.45) is 5.84 Å². The van der Waals surface area contributed by atoms with Crippen LogP contribution in [0.4, 0.5) is 5.82 Å². The Labute approximate surface area is 107 Å². The van der Waals surface area contributed by atoms with Gasteiger partial charge in [-0.3, -0.25) is 4.79 Å². The molecule has 0 fully saturated rings. The number of rotatable bonds is 3. The van der Waals surface area contributed by atoms with Gasteiger partial charge in [0, 0.05) is 17.8 Å². The van der Waals surface area contributed by atoms with Crippen LogP contribution in [-0.4, -0.2) is 19.9 Å². The van der Waals surface area contributed by atoms with E-state index < -0.39 is 0 Å². The molecule has 0 atom stereocenters. The van der Waals surface area contributed by atoms with Crippen LogP contribution in [0.2, 0.25) is 0 Å². The van der Waals surface area contributed by atoms with Crippen LogP contribution in [0.5, 0.6) is 0 Å². The van der Waals surface area contributed by atoms with E-state index in [4.69, 9.17) is 5.84 Å². The first kappa shape index (κ1) is 12.5. The first-order valence-corrected chi connectivity index (χ1v) is 5.96. The number of nitrogens with two attached hydrogens (primary N) is 1. The van der Waals surface area contributed by atoms with Gasteiger partial charge in [-0.25, -0.2) is 20.8 Å². The molecule has 7 nitrogen and oxygen atoms in total. The van der Waals surface area contributed by atoms with Crippen molar-refractivity contribution in [2.75, 3.05) is 5.43 Å². The minimum Gasteiger partial charge on any atom is -0.308 e. The fourth-order valence-corrected chi connectivity index (χ4v) is 2.25. The number of aromatic amines is 1. The lowest BCUT2D eigenvalue weighted by Gasteiger charge is -2.04. The molecule has 94 valence electrons. The van der Waals surface area contributed by atoms with E-state index in [1.165, 1.54) is 17.8 Å². The number of nitrogen functional groups attached to an aromatic ring is 1. The van der Waals surface area contributed by atoms with E-state index in [0.29, 0.717) is 27.5 Å². The number of anilines is 1. The van der Waals surface area contributed by atoms with Crippen LogP contribution >= 0.6 is 11.8 Å². The number of aryl methyl sites for hydroxylation is 2. The first-order valence-electron chi connectivity index (χ1n) is 5.15. The topological polar surface area (TPSA) is 110 Å². The minimum absolute atomic E-state index is 0.187. The summed E-state index contributed by atoms with van der Waals surface area (Å²) in [4.78, 5) is 26.5. The van der Waals surface area contributed by atoms with Gasteiger partial charge >= 0.3 is 0 Å². The Morgan fingerprint density at radius 1 is 1.28 bits per heavy atom. The molecular weight excluding hydrogens is 252 g/mol. The molecule has 0 aliphatic carbocycles. The largest absolute Gasteiger partial charge is 0.308 e. The second kappa shape index (κ2) is 5.15. The molecule has 2 aromatic rings. The van der Waals surface area contributed by atoms with Crippen molar-refractivity contribution >= 4 is 17.6 Å². The lowest BCUT2D eigenvalue weighted by molar-refractivity contribution is 0.895. The number of hydrogen-bond acceptors (Lipinski definition) is 7. The Morgan fingerprint density at radius 2 is 2.06 bits per heavy atom. The Kier molecular flexibility index (Phi) is 3.58. The summed E-state index contributed by atoms with van der Waals surface area (Å²) in [6, 6.07) is 3.11. The van der Waals surface area contributed by atoms with Crippen molar-refractivity contribution < 1.29 is 0 Å². The summed E-state index contributed by atoms with van der Waals surface area (Å²) in [7, 11) is 0. The number of H-pyrrole nitrogens is 1. The van der Waals surface area contributed by atoms with Crippen LogP contribution in [0.25, 0.3) is 0 Å². The average Bonchev–Trinajstić information content (AvgIpc) is 2.26. The molecule has 8 heteroatoms. The number of aromatic nitrogens is 4. The monoisotopic (exact) mass is 264 g/mol. The van der Waals surface area contributed by atoms with Gasteiger partial charge in [0.05, 0.1) is 0 Å². The van der Waals surface area contributed by atoms with E-state index in [9.17, 15) is 4.79 Å². The van der Waals surface area contributed by atoms with Crippen molar-refractivity contribution in [3.63, 3.8) is 0 Å².